The number of aliphatic hydroxyl groups excluding tert-OH is 1. The number of amides is 1. The van der Waals surface area contributed by atoms with Gasteiger partial charge in [-0.25, -0.2) is 0 Å². The number of aliphatic hydroxyl groups is 1. The van der Waals surface area contributed by atoms with E-state index >= 15 is 0 Å². The maximum Gasteiger partial charge on any atom is 0.271 e. The van der Waals surface area contributed by atoms with Crippen LogP contribution in [0.3, 0.4) is 0 Å². The van der Waals surface area contributed by atoms with Gasteiger partial charge in [0.05, 0.1) is 38.1 Å². The number of carbonyl (C=O) groups is 1. The van der Waals surface area contributed by atoms with E-state index in [9.17, 15) is 9.90 Å². The number of hydrogen-bond donors (Lipinski definition) is 4. The Bertz CT molecular complexity index is 994. The number of nitriles is 1. The second kappa shape index (κ2) is 9.45. The van der Waals surface area contributed by atoms with Crippen molar-refractivity contribution in [1.29, 1.82) is 5.26 Å². The van der Waals surface area contributed by atoms with Crippen molar-refractivity contribution in [2.24, 2.45) is 10.7 Å². The van der Waals surface area contributed by atoms with Crippen molar-refractivity contribution in [3.63, 3.8) is 0 Å². The Kier molecular flexibility index (Phi) is 7.26. The summed E-state index contributed by atoms with van der Waals surface area (Å²) in [6, 6.07) is 8.14. The lowest BCUT2D eigenvalue weighted by Crippen LogP contribution is -2.42. The molecule has 0 aliphatic carbocycles. The summed E-state index contributed by atoms with van der Waals surface area (Å²) >= 11 is 5.98. The Balaban J connectivity index is 1.97. The summed E-state index contributed by atoms with van der Waals surface area (Å²) in [6.07, 6.45) is 2.00. The van der Waals surface area contributed by atoms with Crippen LogP contribution in [0.1, 0.15) is 40.3 Å². The van der Waals surface area contributed by atoms with E-state index in [1.165, 1.54) is 18.4 Å². The highest BCUT2D eigenvalue weighted by molar-refractivity contribution is 6.41. The number of benzene rings is 1. The average Bonchev–Trinajstić information content (AvgIpc) is 3.16. The lowest BCUT2D eigenvalue weighted by atomic mass is 9.62. The Morgan fingerprint density at radius 3 is 2.86 bits per heavy atom. The third kappa shape index (κ3) is 6.24. The van der Waals surface area contributed by atoms with Gasteiger partial charge >= 0.3 is 0 Å². The van der Waals surface area contributed by atoms with Crippen molar-refractivity contribution < 1.29 is 9.90 Å². The van der Waals surface area contributed by atoms with E-state index in [-0.39, 0.29) is 17.3 Å². The summed E-state index contributed by atoms with van der Waals surface area (Å²) in [5, 5.41) is 25.9. The molecule has 0 aliphatic rings. The molecule has 5 N–H and O–H groups in total. The quantitative estimate of drug-likeness (QED) is 0.397. The van der Waals surface area contributed by atoms with Crippen molar-refractivity contribution in [2.75, 3.05) is 6.54 Å². The van der Waals surface area contributed by atoms with Gasteiger partial charge in [-0.1, -0.05) is 17.7 Å². The molecule has 1 aromatic heterocycles. The van der Waals surface area contributed by atoms with Crippen LogP contribution in [0.2, 0.25) is 5.02 Å². The third-order valence-corrected chi connectivity index (χ3v) is 4.12. The highest BCUT2D eigenvalue weighted by Gasteiger charge is 2.18. The molecule has 1 amide bonds. The maximum atomic E-state index is 12.1. The number of aromatic nitrogens is 2. The number of aromatic amines is 1. The summed E-state index contributed by atoms with van der Waals surface area (Å²) < 4.78 is 0. The normalized spacial score (nSPS) is 13.2. The molecule has 1 atom stereocenters. The molecule has 4 radical (unpaired) electrons. The van der Waals surface area contributed by atoms with E-state index in [2.05, 4.69) is 20.5 Å². The fraction of sp³-hybridized carbons (Fsp3) is 0.222. The van der Waals surface area contributed by atoms with Crippen LogP contribution in [-0.2, 0) is 0 Å². The zero-order chi connectivity index (χ0) is 21.6. The van der Waals surface area contributed by atoms with Crippen LogP contribution in [0.15, 0.2) is 35.3 Å². The van der Waals surface area contributed by atoms with Gasteiger partial charge in [0.1, 0.15) is 11.8 Å². The number of nitrogens with two attached hydrogens (primary N) is 1. The predicted molar refractivity (Wildman–Crippen MR) is 113 cm³/mol. The highest BCUT2D eigenvalue weighted by Crippen LogP contribution is 2.19. The first-order chi connectivity index (χ1) is 13.6. The second-order valence-corrected chi connectivity index (χ2v) is 6.67. The van der Waals surface area contributed by atoms with E-state index in [1.807, 2.05) is 6.07 Å². The van der Waals surface area contributed by atoms with E-state index in [1.54, 1.807) is 25.1 Å². The molecule has 8 nitrogen and oxygen atoms in total. The number of nitrogens with one attached hydrogen (secondary N) is 2. The summed E-state index contributed by atoms with van der Waals surface area (Å²) in [5.74, 6) is -0.522. The first kappa shape index (κ1) is 22.3. The zero-order valence-electron chi connectivity index (χ0n) is 15.6. The number of hydrogen-bond acceptors (Lipinski definition) is 6. The molecule has 0 spiro atoms. The fourth-order valence-electron chi connectivity index (χ4n) is 2.16. The fourth-order valence-corrected chi connectivity index (χ4v) is 2.39. The van der Waals surface area contributed by atoms with Crippen LogP contribution in [0.4, 0.5) is 0 Å². The first-order valence-electron chi connectivity index (χ1n) is 8.43. The number of rotatable bonds is 7. The van der Waals surface area contributed by atoms with Crippen molar-refractivity contribution >= 4 is 45.1 Å². The maximum absolute atomic E-state index is 12.1. The van der Waals surface area contributed by atoms with Crippen LogP contribution in [0, 0.1) is 11.3 Å². The molecule has 0 saturated carbocycles. The van der Waals surface area contributed by atoms with Gasteiger partial charge in [-0.15, -0.1) is 0 Å². The van der Waals surface area contributed by atoms with Crippen LogP contribution in [0.5, 0.6) is 0 Å². The molecule has 11 heteroatoms. The summed E-state index contributed by atoms with van der Waals surface area (Å²) in [5.41, 5.74) is 7.72. The van der Waals surface area contributed by atoms with Gasteiger partial charge in [0.15, 0.2) is 0 Å². The Morgan fingerprint density at radius 2 is 2.28 bits per heavy atom. The highest BCUT2D eigenvalue weighted by atomic mass is 35.5. The molecular weight excluding hydrogens is 389 g/mol. The Hall–Kier alpha value is -3.02. The van der Waals surface area contributed by atoms with E-state index in [0.29, 0.717) is 22.5 Å². The monoisotopic (exact) mass is 406 g/mol. The van der Waals surface area contributed by atoms with Crippen molar-refractivity contribution in [3.8, 4) is 6.07 Å². The Morgan fingerprint density at radius 1 is 1.55 bits per heavy atom. The molecule has 29 heavy (non-hydrogen) atoms. The number of carbonyl (C=O) groups excluding carboxylic acids is 1. The number of H-pyrrole nitrogens is 1. The minimum absolute atomic E-state index is 0.0857. The van der Waals surface area contributed by atoms with Gasteiger partial charge < -0.3 is 21.1 Å². The van der Waals surface area contributed by atoms with Gasteiger partial charge in [-0.05, 0) is 36.8 Å². The Labute approximate surface area is 175 Å². The smallest absolute Gasteiger partial charge is 0.271 e. The summed E-state index contributed by atoms with van der Waals surface area (Å²) in [4.78, 5) is 16.1. The molecule has 144 valence electrons. The zero-order valence-corrected chi connectivity index (χ0v) is 16.3. The van der Waals surface area contributed by atoms with Crippen molar-refractivity contribution in [2.45, 2.75) is 18.4 Å². The molecule has 1 heterocycles. The largest absolute Gasteiger partial charge is 0.398 e. The van der Waals surface area contributed by atoms with Crippen LogP contribution in [0.25, 0.3) is 5.70 Å². The lowest BCUT2D eigenvalue weighted by Gasteiger charge is -2.20. The van der Waals surface area contributed by atoms with Crippen molar-refractivity contribution in [1.82, 2.24) is 15.5 Å². The summed E-state index contributed by atoms with van der Waals surface area (Å²) in [7, 11) is 11.7. The van der Waals surface area contributed by atoms with Gasteiger partial charge in [0.25, 0.3) is 5.91 Å². The standard InChI is InChI=1S/C18H17B2ClN6O2/c1-10(28)15-7-16(27-26-15)17(29)24-9-18(19,20)25-5-4-14(23)11-2-3-12(8-22)13(21)6-11/h2-7,10,28H,9,23H2,1H3,(H,24,29)(H,26,27). The molecule has 0 aliphatic heterocycles. The van der Waals surface area contributed by atoms with E-state index < -0.39 is 17.3 Å². The van der Waals surface area contributed by atoms with Crippen molar-refractivity contribution in [3.05, 3.63) is 57.9 Å². The predicted octanol–water partition coefficient (Wildman–Crippen LogP) is 0.779. The number of allylic oxidation sites excluding steroid dienone is 1. The van der Waals surface area contributed by atoms with Crippen LogP contribution < -0.4 is 11.1 Å². The van der Waals surface area contributed by atoms with Gasteiger partial charge in [0.2, 0.25) is 0 Å². The van der Waals surface area contributed by atoms with Gasteiger partial charge in [-0.2, -0.15) is 10.4 Å². The molecule has 0 bridgehead atoms. The molecule has 0 saturated heterocycles. The molecule has 2 rings (SSSR count). The molecule has 2 aromatic rings. The lowest BCUT2D eigenvalue weighted by molar-refractivity contribution is 0.0947. The van der Waals surface area contributed by atoms with Gasteiger partial charge in [0, 0.05) is 23.8 Å². The van der Waals surface area contributed by atoms with Crippen LogP contribution in [-0.4, -0.2) is 55.0 Å². The third-order valence-electron chi connectivity index (χ3n) is 3.80. The minimum atomic E-state index is -1.59. The van der Waals surface area contributed by atoms with E-state index in [0.717, 1.165) is 0 Å². The second-order valence-electron chi connectivity index (χ2n) is 6.27. The first-order valence-corrected chi connectivity index (χ1v) is 8.81. The average molecular weight is 406 g/mol. The van der Waals surface area contributed by atoms with Gasteiger partial charge in [-0.3, -0.25) is 9.89 Å². The minimum Gasteiger partial charge on any atom is -0.398 e. The SMILES string of the molecule is [B]C([B])(CNC(=O)c1cc(C(C)O)[nH]n1)N=CC=C(N)c1ccc(C#N)c(Cl)c1. The number of aliphatic imine (C=N–C) groups is 1. The number of nitrogens with zero attached hydrogens (tertiary/aromatic N) is 3. The topological polar surface area (TPSA) is 140 Å². The van der Waals surface area contributed by atoms with Crippen LogP contribution >= 0.6 is 11.6 Å². The molecule has 1 unspecified atom stereocenters. The summed E-state index contributed by atoms with van der Waals surface area (Å²) in [6.45, 7) is 1.37. The van der Waals surface area contributed by atoms with E-state index in [4.69, 9.17) is 38.3 Å². The molecule has 1 aromatic carbocycles. The molecular formula is C18H17B2ClN6O2. The number of halogens is 1. The molecule has 0 fully saturated rings.